The summed E-state index contributed by atoms with van der Waals surface area (Å²) >= 11 is 1.56. The van der Waals surface area contributed by atoms with Gasteiger partial charge in [0.25, 0.3) is 5.91 Å². The average molecular weight is 420 g/mol. The van der Waals surface area contributed by atoms with E-state index in [1.165, 1.54) is 15.9 Å². The molecule has 0 spiro atoms. The van der Waals surface area contributed by atoms with Crippen LogP contribution in [-0.4, -0.2) is 57.0 Å². The predicted molar refractivity (Wildman–Crippen MR) is 119 cm³/mol. The summed E-state index contributed by atoms with van der Waals surface area (Å²) in [5, 5.41) is 4.92. The van der Waals surface area contributed by atoms with Gasteiger partial charge in [0, 0.05) is 38.3 Å². The first-order valence-electron chi connectivity index (χ1n) is 10.5. The van der Waals surface area contributed by atoms with E-state index in [0.717, 1.165) is 43.6 Å². The number of hydrogen-bond donors (Lipinski definition) is 0. The van der Waals surface area contributed by atoms with Gasteiger partial charge in [-0.1, -0.05) is 67.2 Å². The van der Waals surface area contributed by atoms with E-state index in [4.69, 9.17) is 0 Å². The molecule has 1 saturated heterocycles. The Hall–Kier alpha value is -2.64. The number of carbonyl (C=O) groups excluding carboxylic acids is 1. The van der Waals surface area contributed by atoms with E-state index in [9.17, 15) is 4.79 Å². The number of para-hydroxylation sites is 1. The summed E-state index contributed by atoms with van der Waals surface area (Å²) in [6.07, 6.45) is 0.738. The quantitative estimate of drug-likeness (QED) is 0.631. The summed E-state index contributed by atoms with van der Waals surface area (Å²) in [5.74, 6) is 0.776. The first-order valence-corrected chi connectivity index (χ1v) is 11.4. The lowest BCUT2D eigenvalue weighted by Gasteiger charge is -2.41. The van der Waals surface area contributed by atoms with E-state index < -0.39 is 0 Å². The number of piperazine rings is 1. The van der Waals surface area contributed by atoms with Gasteiger partial charge in [0.1, 0.15) is 5.25 Å². The number of fused-ring (bicyclic) bond motifs is 1. The van der Waals surface area contributed by atoms with Crippen molar-refractivity contribution in [3.63, 3.8) is 0 Å². The van der Waals surface area contributed by atoms with E-state index >= 15 is 0 Å². The summed E-state index contributed by atoms with van der Waals surface area (Å²) in [6, 6.07) is 21.0. The maximum Gasteiger partial charge on any atom is 0.264 e. The maximum atomic E-state index is 13.3. The van der Waals surface area contributed by atoms with Gasteiger partial charge in [0.05, 0.1) is 6.04 Å². The topological polar surface area (TPSA) is 54.3 Å². The van der Waals surface area contributed by atoms with Crippen molar-refractivity contribution in [1.82, 2.24) is 19.7 Å². The molecule has 2 unspecified atom stereocenters. The zero-order valence-electron chi connectivity index (χ0n) is 17.0. The minimum atomic E-state index is -0.225. The highest BCUT2D eigenvalue weighted by molar-refractivity contribution is 8.00. The van der Waals surface area contributed by atoms with Crippen LogP contribution in [0, 0.1) is 0 Å². The highest BCUT2D eigenvalue weighted by Gasteiger charge is 2.43. The van der Waals surface area contributed by atoms with Crippen LogP contribution >= 0.6 is 11.8 Å². The lowest BCUT2D eigenvalue weighted by molar-refractivity contribution is 0.0830. The Bertz CT molecular complexity index is 1010. The molecule has 0 aliphatic carbocycles. The van der Waals surface area contributed by atoms with Crippen molar-refractivity contribution in [3.8, 4) is 0 Å². The summed E-state index contributed by atoms with van der Waals surface area (Å²) in [6.45, 7) is 5.73. The summed E-state index contributed by atoms with van der Waals surface area (Å²) in [5.41, 5.74) is 2.44. The van der Waals surface area contributed by atoms with E-state index in [2.05, 4.69) is 74.5 Å². The molecule has 3 aromatic rings. The third kappa shape index (κ3) is 3.52. The second-order valence-electron chi connectivity index (χ2n) is 7.67. The molecular weight excluding hydrogens is 394 g/mol. The molecule has 6 nitrogen and oxygen atoms in total. The fraction of sp³-hybridized carbons (Fsp3) is 0.348. The van der Waals surface area contributed by atoms with Crippen LogP contribution in [0.4, 0.5) is 5.69 Å². The van der Waals surface area contributed by atoms with Gasteiger partial charge in [-0.2, -0.15) is 4.68 Å². The number of aromatic nitrogens is 3. The Balaban J connectivity index is 1.39. The van der Waals surface area contributed by atoms with Gasteiger partial charge in [0.15, 0.2) is 11.0 Å². The molecule has 2 aromatic carbocycles. The predicted octanol–water partition coefficient (Wildman–Crippen LogP) is 3.52. The van der Waals surface area contributed by atoms with Crippen LogP contribution in [0.15, 0.2) is 65.8 Å². The van der Waals surface area contributed by atoms with Gasteiger partial charge in [-0.25, -0.2) is 4.98 Å². The zero-order chi connectivity index (χ0) is 20.5. The molecule has 0 amide bonds. The molecule has 0 bridgehead atoms. The van der Waals surface area contributed by atoms with Crippen LogP contribution in [0.2, 0.25) is 0 Å². The zero-order valence-corrected chi connectivity index (χ0v) is 17.8. The number of nitrogens with zero attached hydrogens (tertiary/aromatic N) is 5. The Kier molecular flexibility index (Phi) is 5.31. The fourth-order valence-corrected chi connectivity index (χ4v) is 5.59. The Morgan fingerprint density at radius 3 is 2.30 bits per heavy atom. The van der Waals surface area contributed by atoms with Crippen LogP contribution < -0.4 is 4.90 Å². The summed E-state index contributed by atoms with van der Waals surface area (Å²) in [7, 11) is 0. The standard InChI is InChI=1S/C23H25N5OS/c1-2-19-24-23-28(25-19)22(29)21(30-23)20(17-9-5-3-6-10-17)27-15-13-26(14-16-27)18-11-7-4-8-12-18/h3-12,20-21H,2,13-16H2,1H3. The van der Waals surface area contributed by atoms with E-state index in [0.29, 0.717) is 0 Å². The van der Waals surface area contributed by atoms with Crippen molar-refractivity contribution in [1.29, 1.82) is 0 Å². The van der Waals surface area contributed by atoms with Gasteiger partial charge in [0.2, 0.25) is 0 Å². The molecule has 0 N–H and O–H groups in total. The largest absolute Gasteiger partial charge is 0.369 e. The number of carbonyl (C=O) groups is 1. The van der Waals surface area contributed by atoms with Crippen LogP contribution in [0.3, 0.4) is 0 Å². The van der Waals surface area contributed by atoms with Crippen LogP contribution in [0.1, 0.15) is 29.1 Å². The van der Waals surface area contributed by atoms with Gasteiger partial charge in [-0.3, -0.25) is 9.69 Å². The van der Waals surface area contributed by atoms with E-state index in [-0.39, 0.29) is 17.2 Å². The van der Waals surface area contributed by atoms with Crippen molar-refractivity contribution < 1.29 is 4.79 Å². The molecule has 5 rings (SSSR count). The number of thioether (sulfide) groups is 1. The molecule has 1 aromatic heterocycles. The first kappa shape index (κ1) is 19.3. The minimum Gasteiger partial charge on any atom is -0.369 e. The number of benzene rings is 2. The average Bonchev–Trinajstić information content (AvgIpc) is 3.35. The SMILES string of the molecule is CCc1nc2n(n1)C(=O)C(C(c1ccccc1)N1CCN(c3ccccc3)CC1)S2. The van der Waals surface area contributed by atoms with Gasteiger partial charge < -0.3 is 4.90 Å². The second-order valence-corrected chi connectivity index (χ2v) is 8.78. The molecule has 3 heterocycles. The molecule has 2 aliphatic rings. The van der Waals surface area contributed by atoms with Gasteiger partial charge in [-0.05, 0) is 17.7 Å². The Morgan fingerprint density at radius 2 is 1.67 bits per heavy atom. The minimum absolute atomic E-state index is 0.00944. The highest BCUT2D eigenvalue weighted by Crippen LogP contribution is 2.41. The van der Waals surface area contributed by atoms with Crippen LogP contribution in [-0.2, 0) is 6.42 Å². The maximum absolute atomic E-state index is 13.3. The highest BCUT2D eigenvalue weighted by atomic mass is 32.2. The Morgan fingerprint density at radius 1 is 1.00 bits per heavy atom. The fourth-order valence-electron chi connectivity index (χ4n) is 4.32. The van der Waals surface area contributed by atoms with Crippen molar-refractivity contribution >= 4 is 23.4 Å². The molecule has 0 radical (unpaired) electrons. The number of rotatable bonds is 5. The van der Waals surface area contributed by atoms with Crippen LogP contribution in [0.25, 0.3) is 0 Å². The van der Waals surface area contributed by atoms with E-state index in [1.54, 1.807) is 11.8 Å². The Labute approximate surface area is 180 Å². The second kappa shape index (κ2) is 8.24. The van der Waals surface area contributed by atoms with E-state index in [1.807, 2.05) is 13.0 Å². The first-order chi connectivity index (χ1) is 14.7. The van der Waals surface area contributed by atoms with Crippen molar-refractivity contribution in [3.05, 3.63) is 72.1 Å². The molecule has 2 atom stereocenters. The van der Waals surface area contributed by atoms with Gasteiger partial charge >= 0.3 is 0 Å². The molecule has 1 fully saturated rings. The molecule has 2 aliphatic heterocycles. The lowest BCUT2D eigenvalue weighted by Crippen LogP contribution is -2.50. The summed E-state index contributed by atoms with van der Waals surface area (Å²) in [4.78, 5) is 22.7. The van der Waals surface area contributed by atoms with Crippen molar-refractivity contribution in [2.45, 2.75) is 29.8 Å². The van der Waals surface area contributed by atoms with Crippen LogP contribution in [0.5, 0.6) is 0 Å². The smallest absolute Gasteiger partial charge is 0.264 e. The normalized spacial score (nSPS) is 20.4. The number of anilines is 1. The molecule has 0 saturated carbocycles. The van der Waals surface area contributed by atoms with Crippen molar-refractivity contribution in [2.24, 2.45) is 0 Å². The molecule has 30 heavy (non-hydrogen) atoms. The summed E-state index contributed by atoms with van der Waals surface area (Å²) < 4.78 is 1.52. The van der Waals surface area contributed by atoms with Crippen molar-refractivity contribution in [2.75, 3.05) is 31.1 Å². The monoisotopic (exact) mass is 419 g/mol. The van der Waals surface area contributed by atoms with Gasteiger partial charge in [-0.15, -0.1) is 5.10 Å². The number of aryl methyl sites for hydroxylation is 1. The number of hydrogen-bond acceptors (Lipinski definition) is 6. The lowest BCUT2D eigenvalue weighted by atomic mass is 10.00. The molecule has 154 valence electrons. The third-order valence-corrected chi connectivity index (χ3v) is 7.07. The molecular formula is C23H25N5OS. The third-order valence-electron chi connectivity index (χ3n) is 5.88. The molecule has 7 heteroatoms.